The molecule has 6 heteroatoms. The lowest BCUT2D eigenvalue weighted by Gasteiger charge is -2.23. The molecule has 0 spiro atoms. The number of esters is 2. The van der Waals surface area contributed by atoms with E-state index in [4.69, 9.17) is 9.47 Å². The van der Waals surface area contributed by atoms with Crippen molar-refractivity contribution in [2.24, 2.45) is 0 Å². The molecular formula is C26H25NO5. The average Bonchev–Trinajstić information content (AvgIpc) is 2.83. The summed E-state index contributed by atoms with van der Waals surface area (Å²) in [7, 11) is 0. The second-order valence-electron chi connectivity index (χ2n) is 7.09. The maximum atomic E-state index is 12.8. The van der Waals surface area contributed by atoms with Gasteiger partial charge in [-0.3, -0.25) is 4.79 Å². The van der Waals surface area contributed by atoms with E-state index in [-0.39, 0.29) is 26.3 Å². The molecule has 3 aromatic carbocycles. The fraction of sp³-hybridized carbons (Fsp3) is 0.192. The summed E-state index contributed by atoms with van der Waals surface area (Å²) in [4.78, 5) is 39.0. The molecule has 164 valence electrons. The molecule has 0 saturated carbocycles. The number of carbonyl (C=O) groups excluding carboxylic acids is 3. The summed E-state index contributed by atoms with van der Waals surface area (Å²) in [6.07, 6.45) is 0. The molecule has 0 aromatic heterocycles. The van der Waals surface area contributed by atoms with Crippen LogP contribution in [-0.4, -0.2) is 29.4 Å². The van der Waals surface area contributed by atoms with Crippen LogP contribution in [-0.2, 0) is 38.8 Å². The lowest BCUT2D eigenvalue weighted by atomic mass is 10.1. The van der Waals surface area contributed by atoms with Crippen LogP contribution in [0.25, 0.3) is 0 Å². The SMILES string of the molecule is CCOC(=O)C(=O)N(Cc1ccccc1)Cc1ccccc1C(=O)OCc1ccccc1. The van der Waals surface area contributed by atoms with E-state index in [0.29, 0.717) is 11.1 Å². The van der Waals surface area contributed by atoms with Crippen molar-refractivity contribution in [3.05, 3.63) is 107 Å². The first-order chi connectivity index (χ1) is 15.6. The Hall–Kier alpha value is -3.93. The third-order valence-corrected chi connectivity index (χ3v) is 4.76. The van der Waals surface area contributed by atoms with Crippen LogP contribution in [0, 0.1) is 0 Å². The van der Waals surface area contributed by atoms with Gasteiger partial charge in [-0.25, -0.2) is 9.59 Å². The minimum absolute atomic E-state index is 0.0587. The first-order valence-corrected chi connectivity index (χ1v) is 10.4. The second kappa shape index (κ2) is 11.5. The molecule has 0 unspecified atom stereocenters. The lowest BCUT2D eigenvalue weighted by molar-refractivity contribution is -0.160. The van der Waals surface area contributed by atoms with Gasteiger partial charge in [0, 0.05) is 13.1 Å². The van der Waals surface area contributed by atoms with Crippen molar-refractivity contribution in [3.63, 3.8) is 0 Å². The van der Waals surface area contributed by atoms with Crippen molar-refractivity contribution < 1.29 is 23.9 Å². The van der Waals surface area contributed by atoms with E-state index >= 15 is 0 Å². The summed E-state index contributed by atoms with van der Waals surface area (Å²) in [5.74, 6) is -2.18. The smallest absolute Gasteiger partial charge is 0.397 e. The quantitative estimate of drug-likeness (QED) is 0.396. The van der Waals surface area contributed by atoms with Crippen LogP contribution < -0.4 is 0 Å². The van der Waals surface area contributed by atoms with E-state index < -0.39 is 17.8 Å². The highest BCUT2D eigenvalue weighted by atomic mass is 16.5. The van der Waals surface area contributed by atoms with Crippen molar-refractivity contribution in [1.29, 1.82) is 0 Å². The van der Waals surface area contributed by atoms with Gasteiger partial charge in [-0.15, -0.1) is 0 Å². The van der Waals surface area contributed by atoms with Gasteiger partial charge in [0.2, 0.25) is 0 Å². The molecule has 3 aromatic rings. The largest absolute Gasteiger partial charge is 0.459 e. The van der Waals surface area contributed by atoms with Gasteiger partial charge in [-0.2, -0.15) is 0 Å². The predicted octanol–water partition coefficient (Wildman–Crippen LogP) is 4.14. The van der Waals surface area contributed by atoms with Gasteiger partial charge in [0.1, 0.15) is 6.61 Å². The molecule has 32 heavy (non-hydrogen) atoms. The van der Waals surface area contributed by atoms with Gasteiger partial charge >= 0.3 is 17.8 Å². The van der Waals surface area contributed by atoms with Gasteiger partial charge in [-0.05, 0) is 29.7 Å². The standard InChI is InChI=1S/C26H25NO5/c1-2-31-26(30)24(28)27(17-20-11-5-3-6-12-20)18-22-15-9-10-16-23(22)25(29)32-19-21-13-7-4-8-14-21/h3-16H,2,17-19H2,1H3. The normalized spacial score (nSPS) is 10.3. The maximum absolute atomic E-state index is 12.8. The summed E-state index contributed by atoms with van der Waals surface area (Å²) >= 11 is 0. The summed E-state index contributed by atoms with van der Waals surface area (Å²) in [6.45, 7) is 2.15. The minimum atomic E-state index is -0.924. The highest BCUT2D eigenvalue weighted by Crippen LogP contribution is 2.17. The molecule has 6 nitrogen and oxygen atoms in total. The molecule has 0 bridgehead atoms. The molecule has 3 rings (SSSR count). The van der Waals surface area contributed by atoms with E-state index in [2.05, 4.69) is 0 Å². The van der Waals surface area contributed by atoms with E-state index in [0.717, 1.165) is 11.1 Å². The number of benzene rings is 3. The summed E-state index contributed by atoms with van der Waals surface area (Å²) < 4.78 is 10.4. The Morgan fingerprint density at radius 1 is 0.719 bits per heavy atom. The van der Waals surface area contributed by atoms with Crippen LogP contribution in [0.4, 0.5) is 0 Å². The molecule has 0 radical (unpaired) electrons. The van der Waals surface area contributed by atoms with Crippen molar-refractivity contribution >= 4 is 17.8 Å². The average molecular weight is 431 g/mol. The molecular weight excluding hydrogens is 406 g/mol. The van der Waals surface area contributed by atoms with E-state index in [9.17, 15) is 14.4 Å². The van der Waals surface area contributed by atoms with Crippen molar-refractivity contribution in [2.75, 3.05) is 6.61 Å². The van der Waals surface area contributed by atoms with Gasteiger partial charge in [0.15, 0.2) is 0 Å². The van der Waals surface area contributed by atoms with E-state index in [1.165, 1.54) is 4.90 Å². The zero-order chi connectivity index (χ0) is 22.8. The number of nitrogens with zero attached hydrogens (tertiary/aromatic N) is 1. The van der Waals surface area contributed by atoms with E-state index in [1.54, 1.807) is 31.2 Å². The number of carbonyl (C=O) groups is 3. The lowest BCUT2D eigenvalue weighted by Crippen LogP contribution is -2.37. The third-order valence-electron chi connectivity index (χ3n) is 4.76. The van der Waals surface area contributed by atoms with Crippen LogP contribution in [0.3, 0.4) is 0 Å². The number of hydrogen-bond donors (Lipinski definition) is 0. The number of ether oxygens (including phenoxy) is 2. The molecule has 0 heterocycles. The Morgan fingerprint density at radius 3 is 1.97 bits per heavy atom. The topological polar surface area (TPSA) is 72.9 Å². The Labute approximate surface area is 187 Å². The Balaban J connectivity index is 1.80. The van der Waals surface area contributed by atoms with Crippen LogP contribution >= 0.6 is 0 Å². The van der Waals surface area contributed by atoms with Crippen molar-refractivity contribution in [3.8, 4) is 0 Å². The van der Waals surface area contributed by atoms with Crippen molar-refractivity contribution in [2.45, 2.75) is 26.6 Å². The van der Waals surface area contributed by atoms with Crippen LogP contribution in [0.15, 0.2) is 84.9 Å². The molecule has 0 N–H and O–H groups in total. The number of hydrogen-bond acceptors (Lipinski definition) is 5. The molecule has 0 aliphatic heterocycles. The van der Waals surface area contributed by atoms with Crippen LogP contribution in [0.5, 0.6) is 0 Å². The predicted molar refractivity (Wildman–Crippen MR) is 119 cm³/mol. The Morgan fingerprint density at radius 2 is 1.31 bits per heavy atom. The summed E-state index contributed by atoms with van der Waals surface area (Å²) in [5.41, 5.74) is 2.66. The molecule has 0 saturated heterocycles. The van der Waals surface area contributed by atoms with Gasteiger partial charge in [0.25, 0.3) is 0 Å². The molecule has 1 amide bonds. The second-order valence-corrected chi connectivity index (χ2v) is 7.09. The van der Waals surface area contributed by atoms with E-state index in [1.807, 2.05) is 60.7 Å². The van der Waals surface area contributed by atoms with Gasteiger partial charge < -0.3 is 14.4 Å². The fourth-order valence-electron chi connectivity index (χ4n) is 3.19. The molecule has 0 atom stereocenters. The summed E-state index contributed by atoms with van der Waals surface area (Å²) in [5, 5.41) is 0. The third kappa shape index (κ3) is 6.28. The fourth-order valence-corrected chi connectivity index (χ4v) is 3.19. The Kier molecular flexibility index (Phi) is 8.15. The van der Waals surface area contributed by atoms with Crippen molar-refractivity contribution in [1.82, 2.24) is 4.90 Å². The first-order valence-electron chi connectivity index (χ1n) is 10.4. The first kappa shape index (κ1) is 22.7. The van der Waals surface area contributed by atoms with Gasteiger partial charge in [0.05, 0.1) is 12.2 Å². The zero-order valence-corrected chi connectivity index (χ0v) is 17.9. The number of rotatable bonds is 8. The minimum Gasteiger partial charge on any atom is -0.459 e. The highest BCUT2D eigenvalue weighted by Gasteiger charge is 2.25. The molecule has 0 aliphatic rings. The number of amides is 1. The monoisotopic (exact) mass is 431 g/mol. The highest BCUT2D eigenvalue weighted by molar-refractivity contribution is 6.32. The summed E-state index contributed by atoms with van der Waals surface area (Å²) in [6, 6.07) is 25.6. The van der Waals surface area contributed by atoms with Gasteiger partial charge in [-0.1, -0.05) is 78.9 Å². The van der Waals surface area contributed by atoms with Crippen LogP contribution in [0.2, 0.25) is 0 Å². The Bertz CT molecular complexity index is 1050. The zero-order valence-electron chi connectivity index (χ0n) is 17.9. The maximum Gasteiger partial charge on any atom is 0.397 e. The molecule has 0 fully saturated rings. The molecule has 0 aliphatic carbocycles. The van der Waals surface area contributed by atoms with Crippen LogP contribution in [0.1, 0.15) is 34.0 Å².